The molecule has 4 nitrogen and oxygen atoms in total. The second kappa shape index (κ2) is 5.33. The Hall–Kier alpha value is -1.65. The summed E-state index contributed by atoms with van der Waals surface area (Å²) in [4.78, 5) is 12.2. The molecule has 0 bridgehead atoms. The van der Waals surface area contributed by atoms with Crippen LogP contribution in [0.25, 0.3) is 0 Å². The number of benzene rings is 1. The molecule has 1 heterocycles. The average Bonchev–Trinajstić information content (AvgIpc) is 2.38. The summed E-state index contributed by atoms with van der Waals surface area (Å²) in [7, 11) is 0. The Labute approximate surface area is 106 Å². The van der Waals surface area contributed by atoms with Crippen molar-refractivity contribution >= 4 is 11.4 Å². The highest BCUT2D eigenvalue weighted by molar-refractivity contribution is 5.64. The van der Waals surface area contributed by atoms with Gasteiger partial charge in [-0.15, -0.1) is 0 Å². The Balaban J connectivity index is 2.26. The van der Waals surface area contributed by atoms with Crippen molar-refractivity contribution in [1.29, 1.82) is 0 Å². The SMILES string of the molecule is CCC1CCN(c2c(F)cccc2[N+](=O)[O-])CC1. The minimum Gasteiger partial charge on any atom is -0.364 e. The van der Waals surface area contributed by atoms with Crippen molar-refractivity contribution in [3.05, 3.63) is 34.1 Å². The number of hydrogen-bond donors (Lipinski definition) is 0. The molecule has 1 fully saturated rings. The minimum atomic E-state index is -0.510. The van der Waals surface area contributed by atoms with E-state index in [-0.39, 0.29) is 11.4 Å². The van der Waals surface area contributed by atoms with Crippen LogP contribution in [0.4, 0.5) is 15.8 Å². The summed E-state index contributed by atoms with van der Waals surface area (Å²) in [6.45, 7) is 3.53. The molecule has 0 unspecified atom stereocenters. The number of nitro groups is 1. The Kier molecular flexibility index (Phi) is 3.79. The predicted molar refractivity (Wildman–Crippen MR) is 68.3 cm³/mol. The van der Waals surface area contributed by atoms with E-state index in [4.69, 9.17) is 0 Å². The number of hydrogen-bond acceptors (Lipinski definition) is 3. The molecule has 0 amide bonds. The van der Waals surface area contributed by atoms with Crippen LogP contribution >= 0.6 is 0 Å². The highest BCUT2D eigenvalue weighted by atomic mass is 19.1. The van der Waals surface area contributed by atoms with E-state index in [9.17, 15) is 14.5 Å². The number of piperidine rings is 1. The van der Waals surface area contributed by atoms with Gasteiger partial charge in [-0.2, -0.15) is 0 Å². The van der Waals surface area contributed by atoms with Crippen LogP contribution in [-0.2, 0) is 0 Å². The molecular weight excluding hydrogens is 235 g/mol. The summed E-state index contributed by atoms with van der Waals surface area (Å²) >= 11 is 0. The lowest BCUT2D eigenvalue weighted by molar-refractivity contribution is -0.384. The van der Waals surface area contributed by atoms with Crippen molar-refractivity contribution in [3.8, 4) is 0 Å². The molecule has 1 aliphatic rings. The largest absolute Gasteiger partial charge is 0.364 e. The van der Waals surface area contributed by atoms with Crippen molar-refractivity contribution in [2.45, 2.75) is 26.2 Å². The van der Waals surface area contributed by atoms with Gasteiger partial charge in [-0.05, 0) is 24.8 Å². The van der Waals surface area contributed by atoms with Gasteiger partial charge >= 0.3 is 0 Å². The zero-order chi connectivity index (χ0) is 13.1. The molecule has 0 saturated carbocycles. The molecule has 0 N–H and O–H groups in total. The third-order valence-electron chi connectivity index (χ3n) is 3.67. The van der Waals surface area contributed by atoms with Crippen molar-refractivity contribution in [1.82, 2.24) is 0 Å². The van der Waals surface area contributed by atoms with E-state index < -0.39 is 10.7 Å². The van der Waals surface area contributed by atoms with E-state index >= 15 is 0 Å². The standard InChI is InChI=1S/C13H17FN2O2/c1-2-10-6-8-15(9-7-10)13-11(14)4-3-5-12(13)16(17)18/h3-5,10H,2,6-9H2,1H3. The highest BCUT2D eigenvalue weighted by Gasteiger charge is 2.26. The number of para-hydroxylation sites is 1. The Morgan fingerprint density at radius 3 is 2.67 bits per heavy atom. The van der Waals surface area contributed by atoms with Crippen LogP contribution in [0.1, 0.15) is 26.2 Å². The van der Waals surface area contributed by atoms with E-state index in [2.05, 4.69) is 6.92 Å². The van der Waals surface area contributed by atoms with Gasteiger partial charge in [0.05, 0.1) is 4.92 Å². The molecule has 98 valence electrons. The molecule has 0 atom stereocenters. The zero-order valence-electron chi connectivity index (χ0n) is 10.4. The van der Waals surface area contributed by atoms with Crippen LogP contribution in [0.2, 0.25) is 0 Å². The summed E-state index contributed by atoms with van der Waals surface area (Å²) in [5, 5.41) is 10.9. The van der Waals surface area contributed by atoms with E-state index in [0.29, 0.717) is 19.0 Å². The van der Waals surface area contributed by atoms with Gasteiger partial charge in [0, 0.05) is 19.2 Å². The molecule has 5 heteroatoms. The second-order valence-electron chi connectivity index (χ2n) is 4.70. The second-order valence-corrected chi connectivity index (χ2v) is 4.70. The van der Waals surface area contributed by atoms with Crippen LogP contribution < -0.4 is 4.90 Å². The molecule has 1 aliphatic heterocycles. The number of anilines is 1. The average molecular weight is 252 g/mol. The number of nitro benzene ring substituents is 1. The third kappa shape index (κ3) is 2.44. The van der Waals surface area contributed by atoms with E-state index in [1.165, 1.54) is 18.2 Å². The summed E-state index contributed by atoms with van der Waals surface area (Å²) in [6.07, 6.45) is 3.07. The fourth-order valence-electron chi connectivity index (χ4n) is 2.53. The first-order valence-corrected chi connectivity index (χ1v) is 6.31. The minimum absolute atomic E-state index is 0.134. The fraction of sp³-hybridized carbons (Fsp3) is 0.538. The summed E-state index contributed by atoms with van der Waals surface area (Å²) < 4.78 is 13.8. The predicted octanol–water partition coefficient (Wildman–Crippen LogP) is 3.36. The Bertz CT molecular complexity index is 443. The topological polar surface area (TPSA) is 46.4 Å². The highest BCUT2D eigenvalue weighted by Crippen LogP contribution is 2.34. The van der Waals surface area contributed by atoms with Crippen molar-refractivity contribution in [2.75, 3.05) is 18.0 Å². The first-order valence-electron chi connectivity index (χ1n) is 6.31. The fourth-order valence-corrected chi connectivity index (χ4v) is 2.53. The van der Waals surface area contributed by atoms with Crippen LogP contribution in [-0.4, -0.2) is 18.0 Å². The monoisotopic (exact) mass is 252 g/mol. The van der Waals surface area contributed by atoms with Gasteiger partial charge in [0.25, 0.3) is 5.69 Å². The third-order valence-corrected chi connectivity index (χ3v) is 3.67. The lowest BCUT2D eigenvalue weighted by Crippen LogP contribution is -2.34. The van der Waals surface area contributed by atoms with Gasteiger partial charge in [-0.25, -0.2) is 4.39 Å². The molecule has 2 rings (SSSR count). The number of nitrogens with zero attached hydrogens (tertiary/aromatic N) is 2. The van der Waals surface area contributed by atoms with Gasteiger partial charge in [-0.3, -0.25) is 10.1 Å². The Morgan fingerprint density at radius 2 is 2.11 bits per heavy atom. The van der Waals surface area contributed by atoms with Crippen molar-refractivity contribution in [2.24, 2.45) is 5.92 Å². The molecule has 18 heavy (non-hydrogen) atoms. The van der Waals surface area contributed by atoms with Gasteiger partial charge in [-0.1, -0.05) is 19.4 Å². The molecular formula is C13H17FN2O2. The van der Waals surface area contributed by atoms with E-state index in [0.717, 1.165) is 19.3 Å². The molecule has 1 saturated heterocycles. The Morgan fingerprint density at radius 1 is 1.44 bits per heavy atom. The van der Waals surface area contributed by atoms with Crippen LogP contribution in [0.15, 0.2) is 18.2 Å². The van der Waals surface area contributed by atoms with Crippen LogP contribution in [0, 0.1) is 21.8 Å². The van der Waals surface area contributed by atoms with Crippen molar-refractivity contribution in [3.63, 3.8) is 0 Å². The van der Waals surface area contributed by atoms with Gasteiger partial charge in [0.1, 0.15) is 0 Å². The number of halogens is 1. The molecule has 1 aromatic carbocycles. The molecule has 0 radical (unpaired) electrons. The van der Waals surface area contributed by atoms with Crippen LogP contribution in [0.5, 0.6) is 0 Å². The first kappa shape index (κ1) is 12.8. The quantitative estimate of drug-likeness (QED) is 0.612. The normalized spacial score (nSPS) is 16.9. The number of rotatable bonds is 3. The van der Waals surface area contributed by atoms with Gasteiger partial charge in [0.2, 0.25) is 0 Å². The maximum atomic E-state index is 13.8. The molecule has 0 spiro atoms. The van der Waals surface area contributed by atoms with Gasteiger partial charge in [0.15, 0.2) is 11.5 Å². The van der Waals surface area contributed by atoms with E-state index in [1.807, 2.05) is 0 Å². The first-order chi connectivity index (χ1) is 8.63. The lowest BCUT2D eigenvalue weighted by Gasteiger charge is -2.32. The molecule has 0 aliphatic carbocycles. The summed E-state index contributed by atoms with van der Waals surface area (Å²) in [5.41, 5.74) is 0.0157. The maximum absolute atomic E-state index is 13.8. The van der Waals surface area contributed by atoms with Crippen LogP contribution in [0.3, 0.4) is 0 Å². The summed E-state index contributed by atoms with van der Waals surface area (Å²) in [6, 6.07) is 4.04. The van der Waals surface area contributed by atoms with Gasteiger partial charge < -0.3 is 4.90 Å². The summed E-state index contributed by atoms with van der Waals surface area (Å²) in [5.74, 6) is 0.159. The lowest BCUT2D eigenvalue weighted by atomic mass is 9.94. The zero-order valence-corrected chi connectivity index (χ0v) is 10.4. The van der Waals surface area contributed by atoms with Crippen molar-refractivity contribution < 1.29 is 9.31 Å². The molecule has 1 aromatic rings. The smallest absolute Gasteiger partial charge is 0.295 e. The van der Waals surface area contributed by atoms with E-state index in [1.54, 1.807) is 4.90 Å². The molecule has 0 aromatic heterocycles. The maximum Gasteiger partial charge on any atom is 0.295 e.